The highest BCUT2D eigenvalue weighted by atomic mass is 35.5. The third kappa shape index (κ3) is 3.35. The number of hydrogen-bond acceptors (Lipinski definition) is 6. The minimum absolute atomic E-state index is 0.164. The van der Waals surface area contributed by atoms with Crippen molar-refractivity contribution in [2.75, 3.05) is 7.11 Å². The molecule has 0 atom stereocenters. The largest absolute Gasteiger partial charge is 0.465 e. The summed E-state index contributed by atoms with van der Waals surface area (Å²) in [5, 5.41) is 0.164. The Morgan fingerprint density at radius 2 is 2.19 bits per heavy atom. The third-order valence-corrected chi connectivity index (χ3v) is 4.35. The zero-order valence-electron chi connectivity index (χ0n) is 14.5. The van der Waals surface area contributed by atoms with Crippen LogP contribution in [-0.2, 0) is 17.7 Å². The molecule has 2 aromatic heterocycles. The van der Waals surface area contributed by atoms with E-state index in [1.807, 2.05) is 0 Å². The maximum absolute atomic E-state index is 11.9. The van der Waals surface area contributed by atoms with Crippen molar-refractivity contribution in [3.63, 3.8) is 0 Å². The lowest BCUT2D eigenvalue weighted by atomic mass is 10.2. The Bertz CT molecular complexity index is 961. The number of fused-ring (bicyclic) bond motifs is 1. The van der Waals surface area contributed by atoms with Gasteiger partial charge in [0, 0.05) is 6.42 Å². The first kappa shape index (κ1) is 18.1. The predicted octanol–water partition coefficient (Wildman–Crippen LogP) is 3.67. The number of para-hydroxylation sites is 1. The second-order valence-electron chi connectivity index (χ2n) is 5.76. The maximum atomic E-state index is 11.9. The molecule has 8 heteroatoms. The van der Waals surface area contributed by atoms with E-state index >= 15 is 0 Å². The van der Waals surface area contributed by atoms with Gasteiger partial charge in [0.1, 0.15) is 23.6 Å². The van der Waals surface area contributed by atoms with Crippen LogP contribution in [-0.4, -0.2) is 33.9 Å². The minimum atomic E-state index is -0.488. The van der Waals surface area contributed by atoms with Crippen molar-refractivity contribution >= 4 is 35.0 Å². The summed E-state index contributed by atoms with van der Waals surface area (Å²) in [4.78, 5) is 32.0. The quantitative estimate of drug-likeness (QED) is 0.462. The smallest absolute Gasteiger partial charge is 0.340 e. The molecular weight excluding hydrogens is 358 g/mol. The summed E-state index contributed by atoms with van der Waals surface area (Å²) >= 11 is 6.08. The third-order valence-electron chi connectivity index (χ3n) is 4.07. The SMILES string of the molecule is CCCCc1nc(Cl)c(C=O)n1Cc1nc2c(C(=O)OC)cccc2o1. The Morgan fingerprint density at radius 1 is 1.38 bits per heavy atom. The molecule has 3 aromatic rings. The monoisotopic (exact) mass is 375 g/mol. The number of imidazole rings is 1. The lowest BCUT2D eigenvalue weighted by molar-refractivity contribution is 0.0602. The number of esters is 1. The Morgan fingerprint density at radius 3 is 2.88 bits per heavy atom. The predicted molar refractivity (Wildman–Crippen MR) is 95.7 cm³/mol. The van der Waals surface area contributed by atoms with Crippen LogP contribution in [0.4, 0.5) is 0 Å². The van der Waals surface area contributed by atoms with Gasteiger partial charge in [0.05, 0.1) is 12.7 Å². The molecule has 136 valence electrons. The van der Waals surface area contributed by atoms with Crippen molar-refractivity contribution in [2.45, 2.75) is 32.7 Å². The van der Waals surface area contributed by atoms with Gasteiger partial charge in [-0.15, -0.1) is 0 Å². The van der Waals surface area contributed by atoms with E-state index in [2.05, 4.69) is 16.9 Å². The van der Waals surface area contributed by atoms with Gasteiger partial charge in [0.2, 0.25) is 5.89 Å². The molecule has 0 saturated carbocycles. The van der Waals surface area contributed by atoms with Gasteiger partial charge in [-0.05, 0) is 18.6 Å². The molecule has 1 aromatic carbocycles. The van der Waals surface area contributed by atoms with Crippen LogP contribution in [0.2, 0.25) is 5.15 Å². The summed E-state index contributed by atoms with van der Waals surface area (Å²) in [7, 11) is 1.31. The first-order chi connectivity index (χ1) is 12.6. The standard InChI is InChI=1S/C18H18ClN3O4/c1-3-4-8-14-20-17(19)12(10-23)22(14)9-15-21-16-11(18(24)25-2)6-5-7-13(16)26-15/h5-7,10H,3-4,8-9H2,1-2H3. The number of halogens is 1. The van der Waals surface area contributed by atoms with Gasteiger partial charge < -0.3 is 13.7 Å². The van der Waals surface area contributed by atoms with Gasteiger partial charge in [0.15, 0.2) is 17.0 Å². The Labute approximate surface area is 154 Å². The van der Waals surface area contributed by atoms with Crippen LogP contribution in [0.1, 0.15) is 52.3 Å². The summed E-state index contributed by atoms with van der Waals surface area (Å²) in [5.41, 5.74) is 1.50. The average molecular weight is 376 g/mol. The Balaban J connectivity index is 2.01. The maximum Gasteiger partial charge on any atom is 0.340 e. The summed E-state index contributed by atoms with van der Waals surface area (Å²) in [6.45, 7) is 2.27. The fourth-order valence-corrected chi connectivity index (χ4v) is 3.01. The molecule has 3 rings (SSSR count). The molecular formula is C18H18ClN3O4. The molecule has 0 aliphatic rings. The van der Waals surface area contributed by atoms with Gasteiger partial charge in [0.25, 0.3) is 0 Å². The van der Waals surface area contributed by atoms with E-state index in [0.717, 1.165) is 12.8 Å². The molecule has 0 unspecified atom stereocenters. The van der Waals surface area contributed by atoms with Gasteiger partial charge in [-0.25, -0.2) is 14.8 Å². The number of aldehydes is 1. The zero-order valence-corrected chi connectivity index (χ0v) is 15.2. The summed E-state index contributed by atoms with van der Waals surface area (Å²) in [5.74, 6) is 0.569. The van der Waals surface area contributed by atoms with Crippen molar-refractivity contribution in [3.05, 3.63) is 46.3 Å². The van der Waals surface area contributed by atoms with E-state index in [9.17, 15) is 9.59 Å². The van der Waals surface area contributed by atoms with Crippen LogP contribution in [0.5, 0.6) is 0 Å². The fraction of sp³-hybridized carbons (Fsp3) is 0.333. The number of carbonyl (C=O) groups is 2. The van der Waals surface area contributed by atoms with Crippen molar-refractivity contribution < 1.29 is 18.7 Å². The highest BCUT2D eigenvalue weighted by Crippen LogP contribution is 2.23. The number of nitrogens with zero attached hydrogens (tertiary/aromatic N) is 3. The minimum Gasteiger partial charge on any atom is -0.465 e. The average Bonchev–Trinajstić information content (AvgIpc) is 3.19. The molecule has 0 radical (unpaired) electrons. The number of rotatable bonds is 7. The number of methoxy groups -OCH3 is 1. The molecule has 7 nitrogen and oxygen atoms in total. The van der Waals surface area contributed by atoms with Crippen LogP contribution >= 0.6 is 11.6 Å². The van der Waals surface area contributed by atoms with Crippen LogP contribution in [0.3, 0.4) is 0 Å². The molecule has 0 fully saturated rings. The molecule has 0 aliphatic carbocycles. The molecule has 0 bridgehead atoms. The highest BCUT2D eigenvalue weighted by Gasteiger charge is 2.19. The van der Waals surface area contributed by atoms with E-state index in [1.165, 1.54) is 7.11 Å². The second kappa shape index (κ2) is 7.70. The second-order valence-corrected chi connectivity index (χ2v) is 6.12. The molecule has 0 saturated heterocycles. The van der Waals surface area contributed by atoms with E-state index < -0.39 is 5.97 Å². The lowest BCUT2D eigenvalue weighted by Crippen LogP contribution is -2.09. The molecule has 2 heterocycles. The zero-order chi connectivity index (χ0) is 18.7. The number of hydrogen-bond donors (Lipinski definition) is 0. The summed E-state index contributed by atoms with van der Waals surface area (Å²) < 4.78 is 12.2. The number of benzene rings is 1. The van der Waals surface area contributed by atoms with Crippen LogP contribution in [0.15, 0.2) is 22.6 Å². The van der Waals surface area contributed by atoms with E-state index in [-0.39, 0.29) is 17.4 Å². The van der Waals surface area contributed by atoms with Crippen molar-refractivity contribution in [1.29, 1.82) is 0 Å². The van der Waals surface area contributed by atoms with Crippen molar-refractivity contribution in [1.82, 2.24) is 14.5 Å². The van der Waals surface area contributed by atoms with Crippen molar-refractivity contribution in [2.24, 2.45) is 0 Å². The molecule has 0 amide bonds. The summed E-state index contributed by atoms with van der Waals surface area (Å²) in [6.07, 6.45) is 3.28. The number of oxazole rings is 1. The molecule has 26 heavy (non-hydrogen) atoms. The van der Waals surface area contributed by atoms with E-state index in [1.54, 1.807) is 22.8 Å². The Kier molecular flexibility index (Phi) is 5.37. The van der Waals surface area contributed by atoms with Crippen LogP contribution in [0.25, 0.3) is 11.1 Å². The van der Waals surface area contributed by atoms with E-state index in [0.29, 0.717) is 41.1 Å². The van der Waals surface area contributed by atoms with Gasteiger partial charge >= 0.3 is 5.97 Å². The number of unbranched alkanes of at least 4 members (excludes halogenated alkanes) is 1. The lowest BCUT2D eigenvalue weighted by Gasteiger charge is -2.06. The number of aryl methyl sites for hydroxylation is 1. The highest BCUT2D eigenvalue weighted by molar-refractivity contribution is 6.31. The topological polar surface area (TPSA) is 87.2 Å². The first-order valence-corrected chi connectivity index (χ1v) is 8.63. The van der Waals surface area contributed by atoms with Gasteiger partial charge in [-0.1, -0.05) is 31.0 Å². The molecule has 0 aliphatic heterocycles. The molecule has 0 N–H and O–H groups in total. The van der Waals surface area contributed by atoms with Gasteiger partial charge in [-0.2, -0.15) is 0 Å². The van der Waals surface area contributed by atoms with Crippen LogP contribution < -0.4 is 0 Å². The normalized spacial score (nSPS) is 11.0. The number of carbonyl (C=O) groups excluding carboxylic acids is 2. The van der Waals surface area contributed by atoms with Crippen molar-refractivity contribution in [3.8, 4) is 0 Å². The first-order valence-electron chi connectivity index (χ1n) is 8.25. The molecule has 0 spiro atoms. The number of aromatic nitrogens is 3. The van der Waals surface area contributed by atoms with Crippen LogP contribution in [0, 0.1) is 0 Å². The van der Waals surface area contributed by atoms with E-state index in [4.69, 9.17) is 20.8 Å². The van der Waals surface area contributed by atoms with Gasteiger partial charge in [-0.3, -0.25) is 4.79 Å². The Hall–Kier alpha value is -2.67. The number of ether oxygens (including phenoxy) is 1. The summed E-state index contributed by atoms with van der Waals surface area (Å²) in [6, 6.07) is 5.04. The fourth-order valence-electron chi connectivity index (χ4n) is 2.77.